The molecule has 3 heteroatoms. The first-order valence-electron chi connectivity index (χ1n) is 16.0. The number of nitriles is 1. The maximum Gasteiger partial charge on any atom is 0.0991 e. The first kappa shape index (κ1) is 26.8. The summed E-state index contributed by atoms with van der Waals surface area (Å²) < 4.78 is 2.46. The van der Waals surface area contributed by atoms with E-state index in [0.29, 0.717) is 5.56 Å². The second-order valence-corrected chi connectivity index (χ2v) is 13.8. The third-order valence-corrected chi connectivity index (χ3v) is 10.6. The van der Waals surface area contributed by atoms with E-state index < -0.39 is 0 Å². The molecule has 6 aromatic carbocycles. The summed E-state index contributed by atoms with van der Waals surface area (Å²) in [6.07, 6.45) is 0. The van der Waals surface area contributed by atoms with Crippen LogP contribution in [0.4, 0.5) is 17.1 Å². The molecule has 3 nitrogen and oxygen atoms in total. The number of aromatic nitrogens is 1. The van der Waals surface area contributed by atoms with Gasteiger partial charge in [0.25, 0.3) is 0 Å². The molecule has 46 heavy (non-hydrogen) atoms. The molecular formula is C43H33N3. The molecule has 9 rings (SSSR count). The Morgan fingerprint density at radius 3 is 1.98 bits per heavy atom. The summed E-state index contributed by atoms with van der Waals surface area (Å²) in [6.45, 7) is 9.33. The molecule has 0 saturated carbocycles. The van der Waals surface area contributed by atoms with Gasteiger partial charge in [0.1, 0.15) is 0 Å². The monoisotopic (exact) mass is 591 g/mol. The van der Waals surface area contributed by atoms with E-state index in [4.69, 9.17) is 0 Å². The van der Waals surface area contributed by atoms with Gasteiger partial charge in [-0.25, -0.2) is 0 Å². The van der Waals surface area contributed by atoms with Crippen molar-refractivity contribution in [2.24, 2.45) is 0 Å². The van der Waals surface area contributed by atoms with Gasteiger partial charge in [-0.3, -0.25) is 0 Å². The molecule has 2 heterocycles. The van der Waals surface area contributed by atoms with Crippen LogP contribution in [0.3, 0.4) is 0 Å². The van der Waals surface area contributed by atoms with Crippen molar-refractivity contribution in [3.05, 3.63) is 155 Å². The summed E-state index contributed by atoms with van der Waals surface area (Å²) >= 11 is 0. The molecule has 0 spiro atoms. The highest BCUT2D eigenvalue weighted by Gasteiger charge is 2.37. The smallest absolute Gasteiger partial charge is 0.0991 e. The minimum atomic E-state index is -0.110. The zero-order valence-electron chi connectivity index (χ0n) is 26.5. The van der Waals surface area contributed by atoms with Gasteiger partial charge in [0, 0.05) is 38.7 Å². The van der Waals surface area contributed by atoms with E-state index in [0.717, 1.165) is 17.1 Å². The van der Waals surface area contributed by atoms with Crippen molar-refractivity contribution in [1.29, 1.82) is 5.26 Å². The second-order valence-electron chi connectivity index (χ2n) is 13.8. The molecule has 7 aromatic rings. The molecule has 0 bridgehead atoms. The topological polar surface area (TPSA) is 32.0 Å². The van der Waals surface area contributed by atoms with Crippen LogP contribution in [-0.4, -0.2) is 4.57 Å². The summed E-state index contributed by atoms with van der Waals surface area (Å²) in [5, 5.41) is 12.1. The summed E-state index contributed by atoms with van der Waals surface area (Å²) in [4.78, 5) is 2.34. The molecule has 0 radical (unpaired) electrons. The van der Waals surface area contributed by atoms with E-state index in [1.165, 1.54) is 60.9 Å². The lowest BCUT2D eigenvalue weighted by atomic mass is 9.75. The Hall–Kier alpha value is -5.59. The van der Waals surface area contributed by atoms with Gasteiger partial charge in [-0.05, 0) is 94.0 Å². The van der Waals surface area contributed by atoms with Crippen molar-refractivity contribution in [1.82, 2.24) is 4.57 Å². The van der Waals surface area contributed by atoms with Crippen LogP contribution in [0.5, 0.6) is 0 Å². The zero-order valence-corrected chi connectivity index (χ0v) is 26.5. The summed E-state index contributed by atoms with van der Waals surface area (Å²) in [5.41, 5.74) is 15.4. The lowest BCUT2D eigenvalue weighted by Gasteiger charge is -2.34. The molecule has 0 saturated heterocycles. The molecule has 1 aliphatic carbocycles. The fourth-order valence-electron chi connectivity index (χ4n) is 8.26. The Morgan fingerprint density at radius 2 is 1.17 bits per heavy atom. The molecule has 0 unspecified atom stereocenters. The van der Waals surface area contributed by atoms with Crippen LogP contribution in [0.15, 0.2) is 127 Å². The standard InChI is InChI=1S/C43H33N3/c1-42(2)35-12-6-5-10-31(35)32-22-20-30(25-38(32)42)45(28-18-16-27(26-44)17-19-28)29-21-23-39-34(24-29)33-11-9-14-37-41(33)46(39)40-15-8-7-13-36(40)43(37,3)4/h5-25H,1-4H3. The number of anilines is 3. The SMILES string of the molecule is CC1(C)c2ccccc2-c2ccc(N(c3ccc(C#N)cc3)c3ccc4c(c3)c3cccc5c3n4-c3ccccc3C5(C)C)cc21. The van der Waals surface area contributed by atoms with Crippen LogP contribution in [0.25, 0.3) is 38.6 Å². The molecular weight excluding hydrogens is 558 g/mol. The number of hydrogen-bond acceptors (Lipinski definition) is 2. The Bertz CT molecular complexity index is 2430. The van der Waals surface area contributed by atoms with Crippen molar-refractivity contribution in [3.8, 4) is 22.9 Å². The highest BCUT2D eigenvalue weighted by atomic mass is 15.1. The van der Waals surface area contributed by atoms with E-state index in [1.807, 2.05) is 12.1 Å². The van der Waals surface area contributed by atoms with Gasteiger partial charge in [0.15, 0.2) is 0 Å². The highest BCUT2D eigenvalue weighted by Crippen LogP contribution is 2.52. The lowest BCUT2D eigenvalue weighted by molar-refractivity contribution is 0.630. The van der Waals surface area contributed by atoms with Gasteiger partial charge >= 0.3 is 0 Å². The molecule has 1 aromatic heterocycles. The Labute approximate surface area is 269 Å². The normalized spacial score (nSPS) is 14.8. The van der Waals surface area contributed by atoms with Gasteiger partial charge in [0.05, 0.1) is 28.4 Å². The molecule has 2 aliphatic rings. The van der Waals surface area contributed by atoms with E-state index in [1.54, 1.807) is 0 Å². The van der Waals surface area contributed by atoms with Crippen LogP contribution >= 0.6 is 0 Å². The third kappa shape index (κ3) is 3.47. The van der Waals surface area contributed by atoms with E-state index in [2.05, 4.69) is 158 Å². The van der Waals surface area contributed by atoms with Gasteiger partial charge in [-0.15, -0.1) is 0 Å². The van der Waals surface area contributed by atoms with Crippen LogP contribution < -0.4 is 4.90 Å². The number of hydrogen-bond donors (Lipinski definition) is 0. The highest BCUT2D eigenvalue weighted by molar-refractivity contribution is 6.12. The van der Waals surface area contributed by atoms with Crippen molar-refractivity contribution in [3.63, 3.8) is 0 Å². The second kappa shape index (κ2) is 9.22. The Morgan fingerprint density at radius 1 is 0.543 bits per heavy atom. The molecule has 0 N–H and O–H groups in total. The summed E-state index contributed by atoms with van der Waals surface area (Å²) in [5.74, 6) is 0. The largest absolute Gasteiger partial charge is 0.310 e. The summed E-state index contributed by atoms with van der Waals surface area (Å²) in [7, 11) is 0. The fourth-order valence-corrected chi connectivity index (χ4v) is 8.26. The number of rotatable bonds is 3. The van der Waals surface area contributed by atoms with Gasteiger partial charge in [-0.1, -0.05) is 94.4 Å². The first-order valence-corrected chi connectivity index (χ1v) is 16.0. The van der Waals surface area contributed by atoms with Crippen molar-refractivity contribution in [2.75, 3.05) is 4.90 Å². The number of fused-ring (bicyclic) bond motifs is 8. The van der Waals surface area contributed by atoms with Gasteiger partial charge in [-0.2, -0.15) is 5.26 Å². The first-order chi connectivity index (χ1) is 22.3. The molecule has 0 amide bonds. The quantitative estimate of drug-likeness (QED) is 0.205. The number of nitrogens with zero attached hydrogens (tertiary/aromatic N) is 3. The lowest BCUT2D eigenvalue weighted by Crippen LogP contribution is -2.26. The van der Waals surface area contributed by atoms with Crippen LogP contribution in [-0.2, 0) is 10.8 Å². The molecule has 0 atom stereocenters. The maximum absolute atomic E-state index is 9.56. The van der Waals surface area contributed by atoms with Crippen molar-refractivity contribution < 1.29 is 0 Å². The number of benzene rings is 6. The van der Waals surface area contributed by atoms with Crippen molar-refractivity contribution >= 4 is 38.9 Å². The predicted octanol–water partition coefficient (Wildman–Crippen LogP) is 11.1. The van der Waals surface area contributed by atoms with Crippen molar-refractivity contribution in [2.45, 2.75) is 38.5 Å². The number of para-hydroxylation sites is 2. The van der Waals surface area contributed by atoms with E-state index >= 15 is 0 Å². The van der Waals surface area contributed by atoms with Gasteiger partial charge < -0.3 is 9.47 Å². The van der Waals surface area contributed by atoms with Crippen LogP contribution in [0.2, 0.25) is 0 Å². The fraction of sp³-hybridized carbons (Fsp3) is 0.140. The Kier molecular flexibility index (Phi) is 5.37. The molecule has 1 aliphatic heterocycles. The maximum atomic E-state index is 9.56. The minimum absolute atomic E-state index is 0.105. The predicted molar refractivity (Wildman–Crippen MR) is 190 cm³/mol. The van der Waals surface area contributed by atoms with Crippen LogP contribution in [0.1, 0.15) is 55.5 Å². The van der Waals surface area contributed by atoms with Gasteiger partial charge in [0.2, 0.25) is 0 Å². The third-order valence-electron chi connectivity index (χ3n) is 10.6. The molecule has 0 fully saturated rings. The average molecular weight is 592 g/mol. The molecule has 220 valence electrons. The zero-order chi connectivity index (χ0) is 31.4. The van der Waals surface area contributed by atoms with E-state index in [9.17, 15) is 5.26 Å². The van der Waals surface area contributed by atoms with Crippen LogP contribution in [0, 0.1) is 11.3 Å². The minimum Gasteiger partial charge on any atom is -0.310 e. The summed E-state index contributed by atoms with van der Waals surface area (Å²) in [6, 6.07) is 48.4. The Balaban J connectivity index is 1.29. The van der Waals surface area contributed by atoms with E-state index in [-0.39, 0.29) is 10.8 Å². The average Bonchev–Trinajstić information content (AvgIpc) is 3.53.